The molecule has 1 fully saturated rings. The minimum Gasteiger partial charge on any atom is -0.370 e. The second-order valence-corrected chi connectivity index (χ2v) is 7.22. The number of ketones is 1. The fraction of sp³-hybridized carbons (Fsp3) is 0.318. The third kappa shape index (κ3) is 3.63. The zero-order chi connectivity index (χ0) is 19.5. The number of hydrogen-bond acceptors (Lipinski definition) is 5. The maximum Gasteiger partial charge on any atom is 0.272 e. The minimum atomic E-state index is -0.447. The summed E-state index contributed by atoms with van der Waals surface area (Å²) in [4.78, 5) is 27.4. The van der Waals surface area contributed by atoms with Crippen molar-refractivity contribution in [2.75, 3.05) is 28.3 Å². The highest BCUT2D eigenvalue weighted by Crippen LogP contribution is 2.30. The highest BCUT2D eigenvalue weighted by Gasteiger charge is 2.34. The molecule has 0 spiro atoms. The van der Waals surface area contributed by atoms with Crippen molar-refractivity contribution >= 4 is 34.5 Å². The van der Waals surface area contributed by atoms with Gasteiger partial charge in [0.2, 0.25) is 0 Å². The van der Waals surface area contributed by atoms with Crippen LogP contribution in [0.25, 0.3) is 0 Å². The minimum absolute atomic E-state index is 0.00660. The van der Waals surface area contributed by atoms with Crippen LogP contribution in [0.1, 0.15) is 26.2 Å². The lowest BCUT2D eigenvalue weighted by Crippen LogP contribution is -2.33. The number of amides is 1. The summed E-state index contributed by atoms with van der Waals surface area (Å²) >= 11 is 0. The van der Waals surface area contributed by atoms with Crippen LogP contribution in [0.5, 0.6) is 0 Å². The molecule has 2 aliphatic heterocycles. The predicted octanol–water partition coefficient (Wildman–Crippen LogP) is 3.45. The van der Waals surface area contributed by atoms with Crippen LogP contribution in [0.15, 0.2) is 59.7 Å². The van der Waals surface area contributed by atoms with Crippen LogP contribution in [0, 0.1) is 0 Å². The van der Waals surface area contributed by atoms with Crippen molar-refractivity contribution in [3.63, 3.8) is 0 Å². The quantitative estimate of drug-likeness (QED) is 0.868. The third-order valence-corrected chi connectivity index (χ3v) is 5.26. The van der Waals surface area contributed by atoms with Gasteiger partial charge in [-0.1, -0.05) is 30.3 Å². The van der Waals surface area contributed by atoms with Crippen LogP contribution < -0.4 is 15.2 Å². The second kappa shape index (κ2) is 7.84. The molecule has 144 valence electrons. The van der Waals surface area contributed by atoms with E-state index in [9.17, 15) is 9.59 Å². The molecule has 1 amide bonds. The first-order chi connectivity index (χ1) is 13.6. The van der Waals surface area contributed by atoms with E-state index in [0.717, 1.165) is 30.2 Å². The number of para-hydroxylation sites is 3. The third-order valence-electron chi connectivity index (χ3n) is 5.26. The molecule has 1 unspecified atom stereocenters. The Balaban J connectivity index is 1.56. The van der Waals surface area contributed by atoms with Crippen molar-refractivity contribution in [1.82, 2.24) is 0 Å². The molecule has 6 heteroatoms. The molecule has 2 heterocycles. The zero-order valence-electron chi connectivity index (χ0n) is 16.0. The normalized spacial score (nSPS) is 18.9. The first-order valence-electron chi connectivity index (χ1n) is 9.71. The van der Waals surface area contributed by atoms with Gasteiger partial charge in [0.1, 0.15) is 11.8 Å². The largest absolute Gasteiger partial charge is 0.370 e. The number of hydrazone groups is 1. The van der Waals surface area contributed by atoms with Gasteiger partial charge in [-0.25, -0.2) is 0 Å². The summed E-state index contributed by atoms with van der Waals surface area (Å²) in [5.74, 6) is -0.260. The highest BCUT2D eigenvalue weighted by molar-refractivity contribution is 6.44. The predicted molar refractivity (Wildman–Crippen MR) is 112 cm³/mol. The molecule has 0 saturated carbocycles. The number of nitrogens with zero attached hydrogens (tertiary/aromatic N) is 3. The van der Waals surface area contributed by atoms with E-state index in [0.29, 0.717) is 12.1 Å². The molecule has 0 radical (unpaired) electrons. The average molecular weight is 376 g/mol. The molecule has 4 rings (SSSR count). The van der Waals surface area contributed by atoms with Gasteiger partial charge in [-0.05, 0) is 44.0 Å². The van der Waals surface area contributed by atoms with Crippen molar-refractivity contribution < 1.29 is 9.59 Å². The van der Waals surface area contributed by atoms with Gasteiger partial charge in [-0.3, -0.25) is 14.6 Å². The number of anilines is 3. The number of benzene rings is 2. The Morgan fingerprint density at radius 2 is 1.68 bits per heavy atom. The Morgan fingerprint density at radius 3 is 2.39 bits per heavy atom. The molecule has 2 aromatic carbocycles. The molecule has 0 aliphatic carbocycles. The number of hydrogen-bond donors (Lipinski definition) is 1. The van der Waals surface area contributed by atoms with Crippen molar-refractivity contribution in [2.24, 2.45) is 5.10 Å². The highest BCUT2D eigenvalue weighted by atomic mass is 16.2. The van der Waals surface area contributed by atoms with E-state index in [1.165, 1.54) is 12.8 Å². The maximum atomic E-state index is 12.9. The van der Waals surface area contributed by atoms with E-state index in [1.807, 2.05) is 54.6 Å². The molecule has 0 aromatic heterocycles. The summed E-state index contributed by atoms with van der Waals surface area (Å²) in [5, 5.41) is 9.16. The van der Waals surface area contributed by atoms with Gasteiger partial charge in [-0.15, -0.1) is 0 Å². The summed E-state index contributed by atoms with van der Waals surface area (Å²) in [5.41, 5.74) is 3.01. The molecular formula is C22H24N4O2. The van der Waals surface area contributed by atoms with Gasteiger partial charge < -0.3 is 10.2 Å². The number of rotatable bonds is 5. The van der Waals surface area contributed by atoms with Crippen LogP contribution in [0.2, 0.25) is 0 Å². The summed E-state index contributed by atoms with van der Waals surface area (Å²) in [6.45, 7) is 3.55. The molecule has 1 atom stereocenters. The van der Waals surface area contributed by atoms with Crippen molar-refractivity contribution in [2.45, 2.75) is 32.2 Å². The smallest absolute Gasteiger partial charge is 0.272 e. The first-order valence-corrected chi connectivity index (χ1v) is 9.71. The Morgan fingerprint density at radius 1 is 1.00 bits per heavy atom. The van der Waals surface area contributed by atoms with Crippen LogP contribution in [0.3, 0.4) is 0 Å². The maximum absolute atomic E-state index is 12.9. The lowest BCUT2D eigenvalue weighted by Gasteiger charge is -2.21. The number of nitrogens with one attached hydrogen (secondary N) is 1. The van der Waals surface area contributed by atoms with E-state index < -0.39 is 6.04 Å². The first kappa shape index (κ1) is 18.2. The standard InChI is InChI=1S/C22H24N4O2/c1-16(27)21-15-19(24-26(21)17-9-3-2-4-10-17)22(28)23-18-11-5-6-12-20(18)25-13-7-8-14-25/h2-6,9-12,21H,7-8,13-15H2,1H3,(H,23,28). The van der Waals surface area contributed by atoms with Gasteiger partial charge >= 0.3 is 0 Å². The van der Waals surface area contributed by atoms with Crippen LogP contribution in [-0.2, 0) is 9.59 Å². The van der Waals surface area contributed by atoms with E-state index in [2.05, 4.69) is 15.3 Å². The molecule has 2 aliphatic rings. The van der Waals surface area contributed by atoms with Gasteiger partial charge in [0.25, 0.3) is 5.91 Å². The zero-order valence-corrected chi connectivity index (χ0v) is 16.0. The topological polar surface area (TPSA) is 65.0 Å². The summed E-state index contributed by atoms with van der Waals surface area (Å²) in [6.07, 6.45) is 2.64. The van der Waals surface area contributed by atoms with E-state index in [-0.39, 0.29) is 11.7 Å². The summed E-state index contributed by atoms with van der Waals surface area (Å²) in [6, 6.07) is 16.9. The lowest BCUT2D eigenvalue weighted by molar-refractivity contribution is -0.118. The monoisotopic (exact) mass is 376 g/mol. The molecular weight excluding hydrogens is 352 g/mol. The number of carbonyl (C=O) groups excluding carboxylic acids is 2. The Labute approximate surface area is 164 Å². The van der Waals surface area contributed by atoms with Crippen molar-refractivity contribution in [1.29, 1.82) is 0 Å². The van der Waals surface area contributed by atoms with E-state index >= 15 is 0 Å². The Kier molecular flexibility index (Phi) is 5.10. The molecule has 1 saturated heterocycles. The van der Waals surface area contributed by atoms with Gasteiger partial charge in [-0.2, -0.15) is 5.10 Å². The van der Waals surface area contributed by atoms with Crippen molar-refractivity contribution in [3.05, 3.63) is 54.6 Å². The molecule has 0 bridgehead atoms. The number of carbonyl (C=O) groups is 2. The van der Waals surface area contributed by atoms with E-state index in [4.69, 9.17) is 0 Å². The van der Waals surface area contributed by atoms with Gasteiger partial charge in [0.15, 0.2) is 5.78 Å². The molecule has 6 nitrogen and oxygen atoms in total. The fourth-order valence-electron chi connectivity index (χ4n) is 3.79. The second-order valence-electron chi connectivity index (χ2n) is 7.22. The summed E-state index contributed by atoms with van der Waals surface area (Å²) < 4.78 is 0. The van der Waals surface area contributed by atoms with Gasteiger partial charge in [0.05, 0.1) is 17.1 Å². The lowest BCUT2D eigenvalue weighted by atomic mass is 10.1. The number of Topliss-reactive ketones (excluding diaryl/α,β-unsaturated/α-hetero) is 1. The fourth-order valence-corrected chi connectivity index (χ4v) is 3.79. The van der Waals surface area contributed by atoms with Crippen molar-refractivity contribution in [3.8, 4) is 0 Å². The van der Waals surface area contributed by atoms with Crippen LogP contribution in [0.4, 0.5) is 17.1 Å². The van der Waals surface area contributed by atoms with Gasteiger partial charge in [0, 0.05) is 19.5 Å². The Bertz CT molecular complexity index is 904. The van der Waals surface area contributed by atoms with Crippen LogP contribution >= 0.6 is 0 Å². The van der Waals surface area contributed by atoms with E-state index in [1.54, 1.807) is 11.9 Å². The summed E-state index contributed by atoms with van der Waals surface area (Å²) in [7, 11) is 0. The average Bonchev–Trinajstić information content (AvgIpc) is 3.39. The SMILES string of the molecule is CC(=O)C1CC(C(=O)Nc2ccccc2N2CCCC2)=NN1c1ccccc1. The molecule has 28 heavy (non-hydrogen) atoms. The molecule has 1 N–H and O–H groups in total. The van der Waals surface area contributed by atoms with Crippen LogP contribution in [-0.4, -0.2) is 36.5 Å². The molecule has 2 aromatic rings. The Hall–Kier alpha value is -3.15.